The summed E-state index contributed by atoms with van der Waals surface area (Å²) in [6.07, 6.45) is -1.27. The third-order valence-corrected chi connectivity index (χ3v) is 4.91. The lowest BCUT2D eigenvalue weighted by molar-refractivity contribution is -0.137. The van der Waals surface area contributed by atoms with Gasteiger partial charge in [0.1, 0.15) is 0 Å². The van der Waals surface area contributed by atoms with Gasteiger partial charge >= 0.3 is 6.18 Å². The van der Waals surface area contributed by atoms with E-state index in [1.54, 1.807) is 12.1 Å². The third kappa shape index (κ3) is 3.74. The molecule has 1 aliphatic rings. The topological polar surface area (TPSA) is 3.24 Å². The van der Waals surface area contributed by atoms with E-state index >= 15 is 0 Å². The molecule has 0 aliphatic carbocycles. The molecule has 0 amide bonds. The summed E-state index contributed by atoms with van der Waals surface area (Å²) in [6, 6.07) is 14.3. The SMILES string of the molecule is CCc1ccc(N2CCC(c3ccc(C(F)(F)F)cc3)CC2)cc1. The summed E-state index contributed by atoms with van der Waals surface area (Å²) in [5, 5.41) is 0. The van der Waals surface area contributed by atoms with Crippen LogP contribution in [0.1, 0.15) is 42.4 Å². The molecule has 1 heterocycles. The molecule has 0 atom stereocenters. The van der Waals surface area contributed by atoms with Gasteiger partial charge in [0, 0.05) is 18.8 Å². The molecule has 2 aromatic rings. The summed E-state index contributed by atoms with van der Waals surface area (Å²) >= 11 is 0. The fraction of sp³-hybridized carbons (Fsp3) is 0.400. The van der Waals surface area contributed by atoms with Crippen molar-refractivity contribution in [2.24, 2.45) is 0 Å². The molecule has 0 radical (unpaired) electrons. The van der Waals surface area contributed by atoms with Crippen LogP contribution in [0.2, 0.25) is 0 Å². The molecule has 128 valence electrons. The summed E-state index contributed by atoms with van der Waals surface area (Å²) in [7, 11) is 0. The van der Waals surface area contributed by atoms with Crippen LogP contribution in [0, 0.1) is 0 Å². The lowest BCUT2D eigenvalue weighted by atomic mass is 9.88. The standard InChI is InChI=1S/C20H22F3N/c1-2-15-3-9-19(10-4-15)24-13-11-17(12-14-24)16-5-7-18(8-6-16)20(21,22)23/h3-10,17H,2,11-14H2,1H3. The second kappa shape index (κ2) is 6.88. The first kappa shape index (κ1) is 16.9. The van der Waals surface area contributed by atoms with Crippen molar-refractivity contribution >= 4 is 5.69 Å². The number of rotatable bonds is 3. The minimum Gasteiger partial charge on any atom is -0.371 e. The number of nitrogens with zero attached hydrogens (tertiary/aromatic N) is 1. The normalized spacial score (nSPS) is 16.4. The van der Waals surface area contributed by atoms with Gasteiger partial charge in [-0.3, -0.25) is 0 Å². The van der Waals surface area contributed by atoms with Gasteiger partial charge in [-0.15, -0.1) is 0 Å². The maximum absolute atomic E-state index is 12.6. The van der Waals surface area contributed by atoms with Crippen molar-refractivity contribution in [3.8, 4) is 0 Å². The minimum absolute atomic E-state index is 0.346. The Balaban J connectivity index is 1.62. The summed E-state index contributed by atoms with van der Waals surface area (Å²) < 4.78 is 37.9. The highest BCUT2D eigenvalue weighted by Crippen LogP contribution is 2.33. The van der Waals surface area contributed by atoms with Crippen molar-refractivity contribution in [2.75, 3.05) is 18.0 Å². The Bertz CT molecular complexity index is 651. The second-order valence-electron chi connectivity index (χ2n) is 6.40. The molecular weight excluding hydrogens is 311 g/mol. The van der Waals surface area contributed by atoms with Gasteiger partial charge in [0.05, 0.1) is 5.56 Å². The molecule has 2 aromatic carbocycles. The summed E-state index contributed by atoms with van der Waals surface area (Å²) in [4.78, 5) is 2.36. The highest BCUT2D eigenvalue weighted by Gasteiger charge is 2.30. The van der Waals surface area contributed by atoms with E-state index in [-0.39, 0.29) is 0 Å². The zero-order chi connectivity index (χ0) is 17.2. The fourth-order valence-electron chi connectivity index (χ4n) is 3.36. The molecule has 0 aromatic heterocycles. The molecule has 0 unspecified atom stereocenters. The number of piperidine rings is 1. The van der Waals surface area contributed by atoms with Crippen molar-refractivity contribution in [1.29, 1.82) is 0 Å². The van der Waals surface area contributed by atoms with Crippen LogP contribution in [0.4, 0.5) is 18.9 Å². The molecule has 1 nitrogen and oxygen atoms in total. The van der Waals surface area contributed by atoms with Gasteiger partial charge in [-0.2, -0.15) is 13.2 Å². The van der Waals surface area contributed by atoms with E-state index in [1.807, 2.05) is 0 Å². The number of anilines is 1. The zero-order valence-corrected chi connectivity index (χ0v) is 13.8. The average molecular weight is 333 g/mol. The van der Waals surface area contributed by atoms with Gasteiger partial charge in [-0.1, -0.05) is 31.2 Å². The molecule has 0 N–H and O–H groups in total. The van der Waals surface area contributed by atoms with Crippen molar-refractivity contribution in [2.45, 2.75) is 38.3 Å². The van der Waals surface area contributed by atoms with Gasteiger partial charge in [0.25, 0.3) is 0 Å². The lowest BCUT2D eigenvalue weighted by Crippen LogP contribution is -2.32. The summed E-state index contributed by atoms with van der Waals surface area (Å²) in [5.74, 6) is 0.346. The molecule has 1 saturated heterocycles. The van der Waals surface area contributed by atoms with Gasteiger partial charge in [0.15, 0.2) is 0 Å². The minimum atomic E-state index is -4.26. The first-order valence-electron chi connectivity index (χ1n) is 8.48. The van der Waals surface area contributed by atoms with E-state index in [0.29, 0.717) is 5.92 Å². The third-order valence-electron chi connectivity index (χ3n) is 4.91. The Labute approximate surface area is 141 Å². The maximum atomic E-state index is 12.6. The van der Waals surface area contributed by atoms with Crippen LogP contribution in [-0.4, -0.2) is 13.1 Å². The first-order chi connectivity index (χ1) is 11.5. The average Bonchev–Trinajstić information content (AvgIpc) is 2.61. The van der Waals surface area contributed by atoms with E-state index in [0.717, 1.165) is 37.9 Å². The van der Waals surface area contributed by atoms with E-state index in [2.05, 4.69) is 36.1 Å². The lowest BCUT2D eigenvalue weighted by Gasteiger charge is -2.34. The number of hydrogen-bond donors (Lipinski definition) is 0. The number of hydrogen-bond acceptors (Lipinski definition) is 1. The summed E-state index contributed by atoms with van der Waals surface area (Å²) in [5.41, 5.74) is 3.01. The van der Waals surface area contributed by atoms with Crippen molar-refractivity contribution < 1.29 is 13.2 Å². The predicted molar refractivity (Wildman–Crippen MR) is 91.5 cm³/mol. The Morgan fingerprint density at radius 1 is 0.917 bits per heavy atom. The van der Waals surface area contributed by atoms with E-state index in [4.69, 9.17) is 0 Å². The highest BCUT2D eigenvalue weighted by atomic mass is 19.4. The fourth-order valence-corrected chi connectivity index (χ4v) is 3.36. The molecule has 0 spiro atoms. The van der Waals surface area contributed by atoms with Crippen LogP contribution in [0.3, 0.4) is 0 Å². The Morgan fingerprint density at radius 3 is 2.00 bits per heavy atom. The van der Waals surface area contributed by atoms with E-state index in [1.165, 1.54) is 23.4 Å². The number of aryl methyl sites for hydroxylation is 1. The van der Waals surface area contributed by atoms with Gasteiger partial charge < -0.3 is 4.90 Å². The zero-order valence-electron chi connectivity index (χ0n) is 13.8. The summed E-state index contributed by atoms with van der Waals surface area (Å²) in [6.45, 7) is 4.03. The van der Waals surface area contributed by atoms with Crippen LogP contribution in [0.15, 0.2) is 48.5 Å². The Morgan fingerprint density at radius 2 is 1.50 bits per heavy atom. The molecule has 24 heavy (non-hydrogen) atoms. The van der Waals surface area contributed by atoms with Crippen LogP contribution in [-0.2, 0) is 12.6 Å². The molecule has 1 aliphatic heterocycles. The Hall–Kier alpha value is -1.97. The van der Waals surface area contributed by atoms with Crippen molar-refractivity contribution in [1.82, 2.24) is 0 Å². The smallest absolute Gasteiger partial charge is 0.371 e. The molecule has 1 fully saturated rings. The second-order valence-corrected chi connectivity index (χ2v) is 6.40. The highest BCUT2D eigenvalue weighted by molar-refractivity contribution is 5.48. The van der Waals surface area contributed by atoms with E-state index in [9.17, 15) is 13.2 Å². The number of halogens is 3. The van der Waals surface area contributed by atoms with Crippen LogP contribution in [0.25, 0.3) is 0 Å². The maximum Gasteiger partial charge on any atom is 0.416 e. The van der Waals surface area contributed by atoms with Crippen LogP contribution >= 0.6 is 0 Å². The monoisotopic (exact) mass is 333 g/mol. The first-order valence-corrected chi connectivity index (χ1v) is 8.48. The van der Waals surface area contributed by atoms with Gasteiger partial charge in [-0.05, 0) is 60.6 Å². The molecule has 0 bridgehead atoms. The van der Waals surface area contributed by atoms with Crippen LogP contribution in [0.5, 0.6) is 0 Å². The van der Waals surface area contributed by atoms with Gasteiger partial charge in [-0.25, -0.2) is 0 Å². The van der Waals surface area contributed by atoms with Crippen molar-refractivity contribution in [3.63, 3.8) is 0 Å². The quantitative estimate of drug-likeness (QED) is 0.701. The van der Waals surface area contributed by atoms with Crippen molar-refractivity contribution in [3.05, 3.63) is 65.2 Å². The molecule has 3 rings (SSSR count). The molecular formula is C20H22F3N. The van der Waals surface area contributed by atoms with Gasteiger partial charge in [0.2, 0.25) is 0 Å². The predicted octanol–water partition coefficient (Wildman–Crippen LogP) is 5.65. The molecule has 4 heteroatoms. The number of benzene rings is 2. The number of alkyl halides is 3. The van der Waals surface area contributed by atoms with E-state index < -0.39 is 11.7 Å². The largest absolute Gasteiger partial charge is 0.416 e. The molecule has 0 saturated carbocycles. The van der Waals surface area contributed by atoms with Crippen LogP contribution < -0.4 is 4.90 Å². The Kier molecular flexibility index (Phi) is 4.83.